The summed E-state index contributed by atoms with van der Waals surface area (Å²) in [6.07, 6.45) is 1.76. The number of imidazole rings is 1. The van der Waals surface area contributed by atoms with E-state index in [2.05, 4.69) is 49.4 Å². The third-order valence-electron chi connectivity index (χ3n) is 3.11. The minimum atomic E-state index is 0.259. The predicted molar refractivity (Wildman–Crippen MR) is 81.5 cm³/mol. The van der Waals surface area contributed by atoms with Gasteiger partial charge in [-0.25, -0.2) is 4.98 Å². The monoisotopic (exact) mass is 374 g/mol. The molecule has 0 radical (unpaired) electrons. The molecule has 2 aromatic rings. The SMILES string of the molecule is C[C@@H](I)n1cnc2c(N)nc(N3CCOCC3)nc21. The van der Waals surface area contributed by atoms with Crippen molar-refractivity contribution in [2.75, 3.05) is 36.9 Å². The number of anilines is 2. The van der Waals surface area contributed by atoms with Crippen LogP contribution in [0.1, 0.15) is 11.0 Å². The third kappa shape index (κ3) is 2.34. The molecule has 1 aliphatic rings. The topological polar surface area (TPSA) is 82.1 Å². The Balaban J connectivity index is 2.08. The summed E-state index contributed by atoms with van der Waals surface area (Å²) in [7, 11) is 0. The van der Waals surface area contributed by atoms with Gasteiger partial charge in [-0.2, -0.15) is 9.97 Å². The van der Waals surface area contributed by atoms with E-state index in [1.807, 2.05) is 4.57 Å². The summed E-state index contributed by atoms with van der Waals surface area (Å²) in [6.45, 7) is 5.05. The lowest BCUT2D eigenvalue weighted by atomic mass is 10.4. The van der Waals surface area contributed by atoms with E-state index in [0.29, 0.717) is 30.5 Å². The summed E-state index contributed by atoms with van der Waals surface area (Å²) in [5, 5.41) is 0. The van der Waals surface area contributed by atoms with Crippen molar-refractivity contribution in [3.63, 3.8) is 0 Å². The van der Waals surface area contributed by atoms with Gasteiger partial charge < -0.3 is 19.9 Å². The normalized spacial score (nSPS) is 17.9. The number of hydrogen-bond acceptors (Lipinski definition) is 6. The first-order chi connectivity index (χ1) is 9.16. The Hall–Kier alpha value is -1.16. The summed E-state index contributed by atoms with van der Waals surface area (Å²) in [6, 6.07) is 0. The molecule has 1 saturated heterocycles. The van der Waals surface area contributed by atoms with Gasteiger partial charge in [0.25, 0.3) is 0 Å². The van der Waals surface area contributed by atoms with Crippen LogP contribution >= 0.6 is 22.6 Å². The second-order valence-corrected chi connectivity index (χ2v) is 6.21. The average molecular weight is 374 g/mol. The Labute approximate surface area is 124 Å². The molecule has 1 aliphatic heterocycles. The largest absolute Gasteiger partial charge is 0.382 e. The lowest BCUT2D eigenvalue weighted by Gasteiger charge is -2.26. The van der Waals surface area contributed by atoms with Crippen molar-refractivity contribution >= 4 is 45.5 Å². The number of nitrogens with two attached hydrogens (primary N) is 1. The highest BCUT2D eigenvalue weighted by atomic mass is 127. The number of ether oxygens (including phenoxy) is 1. The number of morpholine rings is 1. The van der Waals surface area contributed by atoms with Crippen molar-refractivity contribution in [3.05, 3.63) is 6.33 Å². The summed E-state index contributed by atoms with van der Waals surface area (Å²) >= 11 is 2.32. The first kappa shape index (κ1) is 12.9. The molecule has 1 fully saturated rings. The maximum absolute atomic E-state index is 5.99. The minimum Gasteiger partial charge on any atom is -0.382 e. The van der Waals surface area contributed by atoms with Gasteiger partial charge in [-0.15, -0.1) is 0 Å². The van der Waals surface area contributed by atoms with Crippen LogP contribution in [0, 0.1) is 0 Å². The number of halogens is 1. The molecule has 2 N–H and O–H groups in total. The fraction of sp³-hybridized carbons (Fsp3) is 0.545. The Morgan fingerprint density at radius 1 is 1.37 bits per heavy atom. The Bertz CT molecular complexity index is 592. The minimum absolute atomic E-state index is 0.259. The smallest absolute Gasteiger partial charge is 0.229 e. The van der Waals surface area contributed by atoms with Crippen LogP contribution in [-0.2, 0) is 4.74 Å². The zero-order valence-corrected chi connectivity index (χ0v) is 12.7. The Kier molecular flexibility index (Phi) is 3.44. The molecular weight excluding hydrogens is 359 g/mol. The average Bonchev–Trinajstić information content (AvgIpc) is 2.84. The predicted octanol–water partition coefficient (Wildman–Crippen LogP) is 1.20. The van der Waals surface area contributed by atoms with Crippen molar-refractivity contribution in [1.29, 1.82) is 0 Å². The summed E-state index contributed by atoms with van der Waals surface area (Å²) in [4.78, 5) is 15.4. The van der Waals surface area contributed by atoms with Crippen LogP contribution in [0.25, 0.3) is 11.2 Å². The molecule has 2 aromatic heterocycles. The van der Waals surface area contributed by atoms with E-state index in [1.165, 1.54) is 0 Å². The Morgan fingerprint density at radius 2 is 2.11 bits per heavy atom. The first-order valence-corrected chi connectivity index (χ1v) is 7.38. The van der Waals surface area contributed by atoms with E-state index < -0.39 is 0 Å². The van der Waals surface area contributed by atoms with Crippen LogP contribution in [0.3, 0.4) is 0 Å². The highest BCUT2D eigenvalue weighted by Crippen LogP contribution is 2.25. The van der Waals surface area contributed by atoms with Gasteiger partial charge in [0.1, 0.15) is 5.52 Å². The first-order valence-electron chi connectivity index (χ1n) is 6.13. The molecule has 0 aromatic carbocycles. The molecule has 0 saturated carbocycles. The molecule has 102 valence electrons. The number of fused-ring (bicyclic) bond motifs is 1. The molecule has 3 heterocycles. The molecule has 0 bridgehead atoms. The van der Waals surface area contributed by atoms with Gasteiger partial charge in [0.2, 0.25) is 5.95 Å². The molecule has 0 spiro atoms. The molecule has 0 unspecified atom stereocenters. The van der Waals surface area contributed by atoms with Crippen LogP contribution in [-0.4, -0.2) is 45.8 Å². The van der Waals surface area contributed by atoms with Crippen LogP contribution in [0.15, 0.2) is 6.33 Å². The van der Waals surface area contributed by atoms with Gasteiger partial charge in [0.15, 0.2) is 11.5 Å². The fourth-order valence-corrected chi connectivity index (χ4v) is 2.50. The third-order valence-corrected chi connectivity index (χ3v) is 3.71. The van der Waals surface area contributed by atoms with Gasteiger partial charge in [-0.3, -0.25) is 0 Å². The summed E-state index contributed by atoms with van der Waals surface area (Å²) in [5.74, 6) is 1.09. The number of nitrogens with zero attached hydrogens (tertiary/aromatic N) is 5. The zero-order valence-electron chi connectivity index (χ0n) is 10.6. The van der Waals surface area contributed by atoms with Gasteiger partial charge in [-0.05, 0) is 6.92 Å². The van der Waals surface area contributed by atoms with Gasteiger partial charge in [0, 0.05) is 13.1 Å². The molecule has 19 heavy (non-hydrogen) atoms. The van der Waals surface area contributed by atoms with Crippen LogP contribution < -0.4 is 10.6 Å². The van der Waals surface area contributed by atoms with Crippen LogP contribution in [0.5, 0.6) is 0 Å². The molecule has 1 atom stereocenters. The summed E-state index contributed by atoms with van der Waals surface area (Å²) < 4.78 is 7.60. The number of rotatable bonds is 2. The van der Waals surface area contributed by atoms with Gasteiger partial charge >= 0.3 is 0 Å². The number of alkyl halides is 1. The van der Waals surface area contributed by atoms with Crippen LogP contribution in [0.2, 0.25) is 0 Å². The molecule has 3 rings (SSSR count). The highest BCUT2D eigenvalue weighted by molar-refractivity contribution is 14.1. The van der Waals surface area contributed by atoms with Crippen molar-refractivity contribution < 1.29 is 4.74 Å². The zero-order chi connectivity index (χ0) is 13.4. The van der Waals surface area contributed by atoms with E-state index in [-0.39, 0.29) is 4.05 Å². The lowest BCUT2D eigenvalue weighted by molar-refractivity contribution is 0.122. The van der Waals surface area contributed by atoms with E-state index in [1.54, 1.807) is 6.33 Å². The number of aromatic nitrogens is 4. The quantitative estimate of drug-likeness (QED) is 0.629. The molecular formula is C11H15IN6O. The fourth-order valence-electron chi connectivity index (χ4n) is 2.09. The molecule has 7 nitrogen and oxygen atoms in total. The van der Waals surface area contributed by atoms with Crippen molar-refractivity contribution in [1.82, 2.24) is 19.5 Å². The molecule has 0 aliphatic carbocycles. The molecule has 0 amide bonds. The number of nitrogen functional groups attached to an aromatic ring is 1. The number of hydrogen-bond donors (Lipinski definition) is 1. The molecule has 8 heteroatoms. The maximum Gasteiger partial charge on any atom is 0.229 e. The standard InChI is InChI=1S/C11H15IN6O/c1-7(12)18-6-14-8-9(13)15-11(16-10(8)18)17-2-4-19-5-3-17/h6-7H,2-5H2,1H3,(H2,13,15,16)/t7-/m0/s1. The van der Waals surface area contributed by atoms with E-state index in [0.717, 1.165) is 18.7 Å². The Morgan fingerprint density at radius 3 is 2.79 bits per heavy atom. The van der Waals surface area contributed by atoms with Gasteiger partial charge in [-0.1, -0.05) is 22.6 Å². The van der Waals surface area contributed by atoms with Crippen molar-refractivity contribution in [3.8, 4) is 0 Å². The highest BCUT2D eigenvalue weighted by Gasteiger charge is 2.18. The van der Waals surface area contributed by atoms with Crippen molar-refractivity contribution in [2.45, 2.75) is 11.0 Å². The van der Waals surface area contributed by atoms with E-state index in [4.69, 9.17) is 10.5 Å². The maximum atomic E-state index is 5.99. The van der Waals surface area contributed by atoms with E-state index >= 15 is 0 Å². The second kappa shape index (κ2) is 5.08. The van der Waals surface area contributed by atoms with Crippen molar-refractivity contribution in [2.24, 2.45) is 0 Å². The lowest BCUT2D eigenvalue weighted by Crippen LogP contribution is -2.37. The van der Waals surface area contributed by atoms with Crippen LogP contribution in [0.4, 0.5) is 11.8 Å². The van der Waals surface area contributed by atoms with Gasteiger partial charge in [0.05, 0.1) is 23.6 Å². The van der Waals surface area contributed by atoms with E-state index in [9.17, 15) is 0 Å². The summed E-state index contributed by atoms with van der Waals surface area (Å²) in [5.41, 5.74) is 7.44. The second-order valence-electron chi connectivity index (χ2n) is 4.41.